The molecular formula is C18H27ClFN. The fourth-order valence-electron chi connectivity index (χ4n) is 3.33. The molecule has 2 rings (SSSR count). The zero-order valence-corrected chi connectivity index (χ0v) is 13.8. The van der Waals surface area contributed by atoms with E-state index in [0.717, 1.165) is 37.3 Å². The molecule has 1 fully saturated rings. The van der Waals surface area contributed by atoms with E-state index >= 15 is 0 Å². The molecular weight excluding hydrogens is 285 g/mol. The van der Waals surface area contributed by atoms with Crippen LogP contribution in [0.1, 0.15) is 57.4 Å². The van der Waals surface area contributed by atoms with Crippen molar-refractivity contribution in [1.82, 2.24) is 5.32 Å². The fraction of sp³-hybridized carbons (Fsp3) is 0.667. The first-order valence-electron chi connectivity index (χ1n) is 8.37. The van der Waals surface area contributed by atoms with Gasteiger partial charge in [-0.25, -0.2) is 4.39 Å². The molecule has 0 aliphatic heterocycles. The summed E-state index contributed by atoms with van der Waals surface area (Å²) < 4.78 is 13.6. The molecule has 0 bridgehead atoms. The van der Waals surface area contributed by atoms with Crippen molar-refractivity contribution < 1.29 is 4.39 Å². The second kappa shape index (κ2) is 8.75. The van der Waals surface area contributed by atoms with Gasteiger partial charge in [-0.05, 0) is 49.8 Å². The molecule has 0 amide bonds. The Labute approximate surface area is 133 Å². The van der Waals surface area contributed by atoms with Crippen molar-refractivity contribution in [1.29, 1.82) is 0 Å². The summed E-state index contributed by atoms with van der Waals surface area (Å²) in [6.45, 7) is 3.19. The van der Waals surface area contributed by atoms with Crippen LogP contribution in [0.5, 0.6) is 0 Å². The molecule has 0 aromatic heterocycles. The monoisotopic (exact) mass is 311 g/mol. The van der Waals surface area contributed by atoms with Crippen molar-refractivity contribution in [3.8, 4) is 0 Å². The topological polar surface area (TPSA) is 12.0 Å². The van der Waals surface area contributed by atoms with Crippen LogP contribution in [0.25, 0.3) is 0 Å². The zero-order valence-electron chi connectivity index (χ0n) is 13.0. The molecule has 0 spiro atoms. The van der Waals surface area contributed by atoms with Crippen LogP contribution in [0.2, 0.25) is 5.02 Å². The second-order valence-corrected chi connectivity index (χ2v) is 6.67. The first-order valence-corrected chi connectivity index (χ1v) is 8.74. The Balaban J connectivity index is 1.92. The van der Waals surface area contributed by atoms with Gasteiger partial charge in [0.25, 0.3) is 0 Å². The highest BCUT2D eigenvalue weighted by Crippen LogP contribution is 2.30. The molecule has 3 heteroatoms. The normalized spacial score (nSPS) is 17.3. The number of rotatable bonds is 8. The third kappa shape index (κ3) is 5.27. The van der Waals surface area contributed by atoms with Gasteiger partial charge in [-0.15, -0.1) is 0 Å². The van der Waals surface area contributed by atoms with Crippen molar-refractivity contribution in [3.63, 3.8) is 0 Å². The summed E-state index contributed by atoms with van der Waals surface area (Å²) in [5.41, 5.74) is 0.927. The zero-order chi connectivity index (χ0) is 15.1. The number of nitrogens with one attached hydrogen (secondary N) is 1. The van der Waals surface area contributed by atoms with Gasteiger partial charge < -0.3 is 5.32 Å². The third-order valence-corrected chi connectivity index (χ3v) is 5.00. The molecule has 0 saturated heterocycles. The average Bonchev–Trinajstić information content (AvgIpc) is 2.99. The minimum atomic E-state index is -0.306. The molecule has 118 valence electrons. The Morgan fingerprint density at radius 1 is 1.33 bits per heavy atom. The van der Waals surface area contributed by atoms with Crippen molar-refractivity contribution in [2.45, 2.75) is 64.3 Å². The van der Waals surface area contributed by atoms with Crippen molar-refractivity contribution in [2.24, 2.45) is 5.92 Å². The highest BCUT2D eigenvalue weighted by atomic mass is 35.5. The van der Waals surface area contributed by atoms with E-state index in [0.29, 0.717) is 11.1 Å². The van der Waals surface area contributed by atoms with E-state index in [2.05, 4.69) is 12.2 Å². The van der Waals surface area contributed by atoms with E-state index in [1.54, 1.807) is 6.07 Å². The van der Waals surface area contributed by atoms with Crippen LogP contribution in [-0.2, 0) is 6.42 Å². The molecule has 1 aliphatic rings. The third-order valence-electron chi connectivity index (χ3n) is 4.58. The SMILES string of the molecule is CCCNC(CCC1CCCC1)Cc1cccc(F)c1Cl. The molecule has 1 unspecified atom stereocenters. The largest absolute Gasteiger partial charge is 0.314 e. The molecule has 21 heavy (non-hydrogen) atoms. The summed E-state index contributed by atoms with van der Waals surface area (Å²) in [6, 6.07) is 5.54. The van der Waals surface area contributed by atoms with Crippen molar-refractivity contribution in [2.75, 3.05) is 6.54 Å². The van der Waals surface area contributed by atoms with E-state index in [4.69, 9.17) is 11.6 Å². The fourth-order valence-corrected chi connectivity index (χ4v) is 3.54. The van der Waals surface area contributed by atoms with Crippen LogP contribution >= 0.6 is 11.6 Å². The maximum Gasteiger partial charge on any atom is 0.142 e. The van der Waals surface area contributed by atoms with Crippen LogP contribution in [0.3, 0.4) is 0 Å². The summed E-state index contributed by atoms with van der Waals surface area (Å²) in [7, 11) is 0. The number of benzene rings is 1. The van der Waals surface area contributed by atoms with E-state index in [9.17, 15) is 4.39 Å². The number of halogens is 2. The highest BCUT2D eigenvalue weighted by Gasteiger charge is 2.18. The van der Waals surface area contributed by atoms with Crippen LogP contribution < -0.4 is 5.32 Å². The lowest BCUT2D eigenvalue weighted by Gasteiger charge is -2.21. The molecule has 1 atom stereocenters. The Morgan fingerprint density at radius 3 is 2.81 bits per heavy atom. The Hall–Kier alpha value is -0.600. The summed E-state index contributed by atoms with van der Waals surface area (Å²) >= 11 is 6.10. The standard InChI is InChI=1S/C18H27ClFN/c1-2-12-21-16(11-10-14-6-3-4-7-14)13-15-8-5-9-17(20)18(15)19/h5,8-9,14,16,21H,2-4,6-7,10-13H2,1H3. The highest BCUT2D eigenvalue weighted by molar-refractivity contribution is 6.31. The second-order valence-electron chi connectivity index (χ2n) is 6.30. The minimum absolute atomic E-state index is 0.293. The maximum absolute atomic E-state index is 13.6. The van der Waals surface area contributed by atoms with Gasteiger partial charge in [-0.1, -0.05) is 56.3 Å². The van der Waals surface area contributed by atoms with Crippen LogP contribution in [0.15, 0.2) is 18.2 Å². The number of hydrogen-bond donors (Lipinski definition) is 1. The Kier molecular flexibility index (Phi) is 6.98. The molecule has 1 aromatic rings. The first-order chi connectivity index (χ1) is 10.2. The van der Waals surface area contributed by atoms with Gasteiger partial charge in [0.05, 0.1) is 5.02 Å². The van der Waals surface area contributed by atoms with Gasteiger partial charge in [-0.3, -0.25) is 0 Å². The summed E-state index contributed by atoms with van der Waals surface area (Å²) in [5.74, 6) is 0.595. The molecule has 1 N–H and O–H groups in total. The summed E-state index contributed by atoms with van der Waals surface area (Å²) in [5, 5.41) is 3.90. The van der Waals surface area contributed by atoms with Crippen LogP contribution in [0, 0.1) is 11.7 Å². The van der Waals surface area contributed by atoms with Crippen molar-refractivity contribution in [3.05, 3.63) is 34.6 Å². The minimum Gasteiger partial charge on any atom is -0.314 e. The Morgan fingerprint density at radius 2 is 2.10 bits per heavy atom. The molecule has 0 heterocycles. The first kappa shape index (κ1) is 16.8. The van der Waals surface area contributed by atoms with E-state index in [1.807, 2.05) is 6.07 Å². The average molecular weight is 312 g/mol. The van der Waals surface area contributed by atoms with Crippen LogP contribution in [-0.4, -0.2) is 12.6 Å². The summed E-state index contributed by atoms with van der Waals surface area (Å²) in [6.07, 6.45) is 9.97. The number of hydrogen-bond acceptors (Lipinski definition) is 1. The lowest BCUT2D eigenvalue weighted by atomic mass is 9.95. The van der Waals surface area contributed by atoms with Crippen molar-refractivity contribution >= 4 is 11.6 Å². The lowest BCUT2D eigenvalue weighted by Crippen LogP contribution is -2.32. The van der Waals surface area contributed by atoms with E-state index in [-0.39, 0.29) is 5.82 Å². The van der Waals surface area contributed by atoms with Gasteiger partial charge in [0.15, 0.2) is 0 Å². The van der Waals surface area contributed by atoms with Gasteiger partial charge in [-0.2, -0.15) is 0 Å². The van der Waals surface area contributed by atoms with Gasteiger partial charge in [0.2, 0.25) is 0 Å². The molecule has 1 saturated carbocycles. The molecule has 1 aromatic carbocycles. The van der Waals surface area contributed by atoms with Gasteiger partial charge >= 0.3 is 0 Å². The van der Waals surface area contributed by atoms with E-state index in [1.165, 1.54) is 38.2 Å². The quantitative estimate of drug-likeness (QED) is 0.681. The van der Waals surface area contributed by atoms with Crippen LogP contribution in [0.4, 0.5) is 4.39 Å². The predicted octanol–water partition coefficient (Wildman–Crippen LogP) is 5.36. The Bertz CT molecular complexity index is 429. The smallest absolute Gasteiger partial charge is 0.142 e. The van der Waals surface area contributed by atoms with Gasteiger partial charge in [0.1, 0.15) is 5.82 Å². The van der Waals surface area contributed by atoms with Gasteiger partial charge in [0, 0.05) is 6.04 Å². The molecule has 1 nitrogen and oxygen atoms in total. The molecule has 0 radical (unpaired) electrons. The maximum atomic E-state index is 13.6. The predicted molar refractivity (Wildman–Crippen MR) is 88.4 cm³/mol. The molecule has 1 aliphatic carbocycles. The van der Waals surface area contributed by atoms with E-state index < -0.39 is 0 Å². The summed E-state index contributed by atoms with van der Waals surface area (Å²) in [4.78, 5) is 0. The lowest BCUT2D eigenvalue weighted by molar-refractivity contribution is 0.402.